The second kappa shape index (κ2) is 6.38. The molecule has 0 fully saturated rings. The SMILES string of the molecule is Cc1cccn2c(CN(CCO)C3CCc4ccccc43)cnc12. The first-order valence-corrected chi connectivity index (χ1v) is 8.62. The van der Waals surface area contributed by atoms with Gasteiger partial charge in [0.25, 0.3) is 0 Å². The molecule has 0 saturated heterocycles. The van der Waals surface area contributed by atoms with Crippen LogP contribution in [-0.2, 0) is 13.0 Å². The first-order chi connectivity index (χ1) is 11.8. The van der Waals surface area contributed by atoms with Crippen molar-refractivity contribution in [1.82, 2.24) is 14.3 Å². The largest absolute Gasteiger partial charge is 0.395 e. The average Bonchev–Trinajstić information content (AvgIpc) is 3.20. The predicted molar refractivity (Wildman–Crippen MR) is 94.9 cm³/mol. The lowest BCUT2D eigenvalue weighted by atomic mass is 10.1. The zero-order valence-corrected chi connectivity index (χ0v) is 14.0. The molecule has 0 amide bonds. The summed E-state index contributed by atoms with van der Waals surface area (Å²) in [6.07, 6.45) is 6.28. The van der Waals surface area contributed by atoms with E-state index >= 15 is 0 Å². The minimum atomic E-state index is 0.175. The minimum absolute atomic E-state index is 0.175. The first kappa shape index (κ1) is 15.4. The van der Waals surface area contributed by atoms with Crippen LogP contribution in [0.1, 0.15) is 34.8 Å². The lowest BCUT2D eigenvalue weighted by molar-refractivity contribution is 0.141. The van der Waals surface area contributed by atoms with Gasteiger partial charge >= 0.3 is 0 Å². The zero-order valence-electron chi connectivity index (χ0n) is 14.0. The second-order valence-electron chi connectivity index (χ2n) is 6.58. The predicted octanol–water partition coefficient (Wildman–Crippen LogP) is 3.12. The number of aromatic nitrogens is 2. The lowest BCUT2D eigenvalue weighted by Gasteiger charge is -2.28. The normalized spacial score (nSPS) is 16.9. The minimum Gasteiger partial charge on any atom is -0.395 e. The first-order valence-electron chi connectivity index (χ1n) is 8.62. The number of hydrogen-bond acceptors (Lipinski definition) is 3. The van der Waals surface area contributed by atoms with Crippen LogP contribution in [0.3, 0.4) is 0 Å². The summed E-state index contributed by atoms with van der Waals surface area (Å²) in [5.74, 6) is 0. The van der Waals surface area contributed by atoms with Crippen molar-refractivity contribution in [3.63, 3.8) is 0 Å². The van der Waals surface area contributed by atoms with E-state index in [9.17, 15) is 5.11 Å². The van der Waals surface area contributed by atoms with Crippen LogP contribution in [0.5, 0.6) is 0 Å². The lowest BCUT2D eigenvalue weighted by Crippen LogP contribution is -2.30. The van der Waals surface area contributed by atoms with Crippen molar-refractivity contribution in [1.29, 1.82) is 0 Å². The third-order valence-corrected chi connectivity index (χ3v) is 5.10. The maximum Gasteiger partial charge on any atom is 0.139 e. The van der Waals surface area contributed by atoms with E-state index in [1.807, 2.05) is 6.20 Å². The Kier molecular flexibility index (Phi) is 4.08. The Morgan fingerprint density at radius 1 is 1.25 bits per heavy atom. The molecule has 1 unspecified atom stereocenters. The Bertz CT molecular complexity index is 855. The maximum atomic E-state index is 9.57. The van der Waals surface area contributed by atoms with E-state index in [2.05, 4.69) is 63.8 Å². The van der Waals surface area contributed by atoms with E-state index in [0.717, 1.165) is 25.0 Å². The Balaban J connectivity index is 1.66. The highest BCUT2D eigenvalue weighted by Gasteiger charge is 2.28. The highest BCUT2D eigenvalue weighted by molar-refractivity contribution is 5.48. The number of benzene rings is 1. The zero-order chi connectivity index (χ0) is 16.5. The van der Waals surface area contributed by atoms with Gasteiger partial charge in [0.15, 0.2) is 0 Å². The molecule has 24 heavy (non-hydrogen) atoms. The van der Waals surface area contributed by atoms with Crippen molar-refractivity contribution in [3.05, 3.63) is 71.2 Å². The molecule has 1 aliphatic rings. The van der Waals surface area contributed by atoms with E-state index in [1.165, 1.54) is 22.4 Å². The van der Waals surface area contributed by atoms with Crippen LogP contribution in [-0.4, -0.2) is 32.5 Å². The summed E-state index contributed by atoms with van der Waals surface area (Å²) >= 11 is 0. The Morgan fingerprint density at radius 2 is 2.12 bits per heavy atom. The number of aliphatic hydroxyl groups is 1. The third-order valence-electron chi connectivity index (χ3n) is 5.10. The van der Waals surface area contributed by atoms with Gasteiger partial charge in [-0.3, -0.25) is 4.90 Å². The molecule has 3 aromatic rings. The molecule has 2 aromatic heterocycles. The van der Waals surface area contributed by atoms with Crippen molar-refractivity contribution in [2.75, 3.05) is 13.2 Å². The fourth-order valence-electron chi connectivity index (χ4n) is 3.91. The highest BCUT2D eigenvalue weighted by Crippen LogP contribution is 2.36. The van der Waals surface area contributed by atoms with Crippen molar-refractivity contribution in [2.45, 2.75) is 32.4 Å². The van der Waals surface area contributed by atoms with Gasteiger partial charge in [-0.15, -0.1) is 0 Å². The van der Waals surface area contributed by atoms with E-state index in [1.54, 1.807) is 0 Å². The van der Waals surface area contributed by atoms with Gasteiger partial charge in [0.2, 0.25) is 0 Å². The molecule has 0 aliphatic heterocycles. The van der Waals surface area contributed by atoms with Gasteiger partial charge in [-0.25, -0.2) is 4.98 Å². The molecule has 2 heterocycles. The number of nitrogens with zero attached hydrogens (tertiary/aromatic N) is 3. The monoisotopic (exact) mass is 321 g/mol. The van der Waals surface area contributed by atoms with Gasteiger partial charge in [-0.05, 0) is 42.5 Å². The van der Waals surface area contributed by atoms with E-state index in [4.69, 9.17) is 0 Å². The standard InChI is InChI=1S/C20H23N3O/c1-15-5-4-10-23-17(13-21-20(15)23)14-22(11-12-24)19-9-8-16-6-2-3-7-18(16)19/h2-7,10,13,19,24H,8-9,11-12,14H2,1H3. The van der Waals surface area contributed by atoms with Crippen LogP contribution in [0.15, 0.2) is 48.8 Å². The van der Waals surface area contributed by atoms with Crippen LogP contribution in [0.2, 0.25) is 0 Å². The highest BCUT2D eigenvalue weighted by atomic mass is 16.3. The summed E-state index contributed by atoms with van der Waals surface area (Å²) in [6.45, 7) is 3.74. The summed E-state index contributed by atoms with van der Waals surface area (Å²) in [5.41, 5.74) is 6.23. The molecule has 124 valence electrons. The molecule has 1 N–H and O–H groups in total. The third kappa shape index (κ3) is 2.62. The molecule has 0 radical (unpaired) electrons. The Hall–Kier alpha value is -2.17. The van der Waals surface area contributed by atoms with Crippen molar-refractivity contribution >= 4 is 5.65 Å². The fourth-order valence-corrected chi connectivity index (χ4v) is 3.91. The second-order valence-corrected chi connectivity index (χ2v) is 6.58. The average molecular weight is 321 g/mol. The van der Waals surface area contributed by atoms with Gasteiger partial charge < -0.3 is 9.51 Å². The van der Waals surface area contributed by atoms with Crippen LogP contribution in [0.4, 0.5) is 0 Å². The molecule has 0 spiro atoms. The molecule has 0 saturated carbocycles. The maximum absolute atomic E-state index is 9.57. The molecular weight excluding hydrogens is 298 g/mol. The fraction of sp³-hybridized carbons (Fsp3) is 0.350. The summed E-state index contributed by atoms with van der Waals surface area (Å²) in [6, 6.07) is 13.2. The van der Waals surface area contributed by atoms with Crippen molar-refractivity contribution in [2.24, 2.45) is 0 Å². The van der Waals surface area contributed by atoms with Gasteiger partial charge in [0.05, 0.1) is 18.5 Å². The number of fused-ring (bicyclic) bond motifs is 2. The van der Waals surface area contributed by atoms with Crippen LogP contribution < -0.4 is 0 Å². The number of aryl methyl sites for hydroxylation is 2. The van der Waals surface area contributed by atoms with Crippen LogP contribution in [0.25, 0.3) is 5.65 Å². The van der Waals surface area contributed by atoms with Gasteiger partial charge in [-0.2, -0.15) is 0 Å². The number of hydrogen-bond donors (Lipinski definition) is 1. The number of aliphatic hydroxyl groups excluding tert-OH is 1. The molecule has 4 heteroatoms. The van der Waals surface area contributed by atoms with Gasteiger partial charge in [-0.1, -0.05) is 30.3 Å². The van der Waals surface area contributed by atoms with Gasteiger partial charge in [0.1, 0.15) is 5.65 Å². The molecule has 0 bridgehead atoms. The summed E-state index contributed by atoms with van der Waals surface area (Å²) in [7, 11) is 0. The van der Waals surface area contributed by atoms with E-state index in [-0.39, 0.29) is 6.61 Å². The van der Waals surface area contributed by atoms with E-state index in [0.29, 0.717) is 12.6 Å². The van der Waals surface area contributed by atoms with Crippen LogP contribution in [0, 0.1) is 6.92 Å². The number of imidazole rings is 1. The molecular formula is C20H23N3O. The van der Waals surface area contributed by atoms with Gasteiger partial charge in [0, 0.05) is 25.3 Å². The quantitative estimate of drug-likeness (QED) is 0.785. The summed E-state index contributed by atoms with van der Waals surface area (Å²) in [4.78, 5) is 6.96. The molecule has 4 nitrogen and oxygen atoms in total. The molecule has 1 aliphatic carbocycles. The molecule has 1 aromatic carbocycles. The Labute approximate surface area is 142 Å². The summed E-state index contributed by atoms with van der Waals surface area (Å²) in [5, 5.41) is 9.57. The summed E-state index contributed by atoms with van der Waals surface area (Å²) < 4.78 is 2.17. The van der Waals surface area contributed by atoms with Crippen molar-refractivity contribution in [3.8, 4) is 0 Å². The molecule has 1 atom stereocenters. The Morgan fingerprint density at radius 3 is 3.00 bits per heavy atom. The van der Waals surface area contributed by atoms with Crippen LogP contribution >= 0.6 is 0 Å². The smallest absolute Gasteiger partial charge is 0.139 e. The number of rotatable bonds is 5. The van der Waals surface area contributed by atoms with E-state index < -0.39 is 0 Å². The number of pyridine rings is 1. The topological polar surface area (TPSA) is 40.8 Å². The van der Waals surface area contributed by atoms with Crippen molar-refractivity contribution < 1.29 is 5.11 Å². The molecule has 4 rings (SSSR count).